The third-order valence-electron chi connectivity index (χ3n) is 3.67. The highest BCUT2D eigenvalue weighted by Crippen LogP contribution is 2.23. The Bertz CT molecular complexity index is 984. The summed E-state index contributed by atoms with van der Waals surface area (Å²) in [4.78, 5) is 36.1. The van der Waals surface area contributed by atoms with E-state index in [9.17, 15) is 14.4 Å². The molecule has 3 amide bonds. The van der Waals surface area contributed by atoms with Crippen LogP contribution in [0.1, 0.15) is 5.56 Å². The van der Waals surface area contributed by atoms with Crippen molar-refractivity contribution in [3.63, 3.8) is 0 Å². The fourth-order valence-electron chi connectivity index (χ4n) is 2.39. The third kappa shape index (κ3) is 4.73. The van der Waals surface area contributed by atoms with Gasteiger partial charge in [0.2, 0.25) is 0 Å². The quantitative estimate of drug-likeness (QED) is 0.395. The maximum absolute atomic E-state index is 12.1. The number of hydrogen-bond acceptors (Lipinski definition) is 5. The van der Waals surface area contributed by atoms with Crippen molar-refractivity contribution in [3.05, 3.63) is 64.7 Å². The minimum atomic E-state index is -0.611. The molecule has 0 spiro atoms. The van der Waals surface area contributed by atoms with E-state index >= 15 is 0 Å². The third-order valence-corrected chi connectivity index (χ3v) is 4.20. The zero-order valence-corrected chi connectivity index (χ0v) is 15.9. The summed E-state index contributed by atoms with van der Waals surface area (Å²) in [6.45, 7) is -0.284. The molecule has 1 saturated heterocycles. The van der Waals surface area contributed by atoms with Crippen molar-refractivity contribution in [3.8, 4) is 5.75 Å². The Morgan fingerprint density at radius 2 is 1.71 bits per heavy atom. The summed E-state index contributed by atoms with van der Waals surface area (Å²) in [5.74, 6) is -1.30. The van der Waals surface area contributed by atoms with Crippen molar-refractivity contribution in [1.82, 2.24) is 10.6 Å². The van der Waals surface area contributed by atoms with E-state index in [-0.39, 0.29) is 17.3 Å². The maximum atomic E-state index is 12.1. The molecule has 9 heteroatoms. The molecule has 3 rings (SSSR count). The Morgan fingerprint density at radius 3 is 2.43 bits per heavy atom. The average Bonchev–Trinajstić information content (AvgIpc) is 2.65. The number of carbonyl (C=O) groups excluding carboxylic acids is 3. The fourth-order valence-corrected chi connectivity index (χ4v) is 2.75. The van der Waals surface area contributed by atoms with E-state index in [0.717, 1.165) is 0 Å². The van der Waals surface area contributed by atoms with Crippen LogP contribution in [0.25, 0.3) is 6.08 Å². The Kier molecular flexibility index (Phi) is 6.03. The van der Waals surface area contributed by atoms with Gasteiger partial charge in [0.15, 0.2) is 11.7 Å². The highest BCUT2D eigenvalue weighted by atomic mass is 35.5. The van der Waals surface area contributed by atoms with Crippen LogP contribution in [-0.2, 0) is 14.4 Å². The second-order valence-electron chi connectivity index (χ2n) is 5.65. The second kappa shape index (κ2) is 8.64. The SMILES string of the molecule is O=C(COc1ccccc1C=C1C(=O)NC(=S)NC1=O)Nc1ccccc1Cl. The van der Waals surface area contributed by atoms with Crippen LogP contribution in [0, 0.1) is 0 Å². The van der Waals surface area contributed by atoms with Crippen LogP contribution in [0.15, 0.2) is 54.1 Å². The lowest BCUT2D eigenvalue weighted by atomic mass is 10.1. The van der Waals surface area contributed by atoms with Gasteiger partial charge in [-0.1, -0.05) is 41.9 Å². The Morgan fingerprint density at radius 1 is 1.07 bits per heavy atom. The summed E-state index contributed by atoms with van der Waals surface area (Å²) >= 11 is 10.8. The number of nitrogens with one attached hydrogen (secondary N) is 3. The predicted molar refractivity (Wildman–Crippen MR) is 109 cm³/mol. The van der Waals surface area contributed by atoms with Gasteiger partial charge < -0.3 is 10.1 Å². The van der Waals surface area contributed by atoms with E-state index < -0.39 is 17.7 Å². The average molecular weight is 416 g/mol. The van der Waals surface area contributed by atoms with Gasteiger partial charge in [-0.15, -0.1) is 0 Å². The van der Waals surface area contributed by atoms with E-state index in [1.54, 1.807) is 48.5 Å². The number of ether oxygens (including phenoxy) is 1. The van der Waals surface area contributed by atoms with Crippen LogP contribution in [0.4, 0.5) is 5.69 Å². The molecule has 2 aromatic carbocycles. The summed E-state index contributed by atoms with van der Waals surface area (Å²) in [5, 5.41) is 7.72. The Balaban J connectivity index is 1.72. The topological polar surface area (TPSA) is 96.5 Å². The number of benzene rings is 2. The lowest BCUT2D eigenvalue weighted by molar-refractivity contribution is -0.123. The number of para-hydroxylation sites is 2. The van der Waals surface area contributed by atoms with Gasteiger partial charge >= 0.3 is 0 Å². The first-order valence-electron chi connectivity index (χ1n) is 8.08. The molecule has 0 atom stereocenters. The van der Waals surface area contributed by atoms with E-state index in [1.165, 1.54) is 6.08 Å². The summed E-state index contributed by atoms with van der Waals surface area (Å²) in [5.41, 5.74) is 0.811. The monoisotopic (exact) mass is 415 g/mol. The van der Waals surface area contributed by atoms with Crippen LogP contribution >= 0.6 is 23.8 Å². The number of carbonyl (C=O) groups is 3. The zero-order chi connectivity index (χ0) is 20.1. The lowest BCUT2D eigenvalue weighted by Crippen LogP contribution is -2.51. The van der Waals surface area contributed by atoms with E-state index in [0.29, 0.717) is 22.0 Å². The van der Waals surface area contributed by atoms with Gasteiger partial charge in [0.1, 0.15) is 11.3 Å². The first-order valence-corrected chi connectivity index (χ1v) is 8.87. The largest absolute Gasteiger partial charge is 0.483 e. The molecule has 1 aliphatic rings. The van der Waals surface area contributed by atoms with Gasteiger partial charge in [-0.25, -0.2) is 0 Å². The molecule has 0 bridgehead atoms. The van der Waals surface area contributed by atoms with Crippen LogP contribution < -0.4 is 20.7 Å². The normalized spacial score (nSPS) is 13.5. The number of thiocarbonyl (C=S) groups is 1. The molecule has 1 heterocycles. The van der Waals surface area contributed by atoms with Crippen molar-refractivity contribution in [1.29, 1.82) is 0 Å². The molecular formula is C19H14ClN3O4S. The van der Waals surface area contributed by atoms with E-state index in [2.05, 4.69) is 16.0 Å². The maximum Gasteiger partial charge on any atom is 0.263 e. The van der Waals surface area contributed by atoms with Crippen molar-refractivity contribution >= 4 is 58.4 Å². The number of amides is 3. The van der Waals surface area contributed by atoms with Crippen LogP contribution in [0.2, 0.25) is 5.02 Å². The molecule has 0 aliphatic carbocycles. The summed E-state index contributed by atoms with van der Waals surface area (Å²) in [6.07, 6.45) is 1.37. The highest BCUT2D eigenvalue weighted by molar-refractivity contribution is 7.80. The summed E-state index contributed by atoms with van der Waals surface area (Å²) < 4.78 is 5.56. The van der Waals surface area contributed by atoms with Gasteiger partial charge in [0.05, 0.1) is 10.7 Å². The smallest absolute Gasteiger partial charge is 0.263 e. The number of halogens is 1. The van der Waals surface area contributed by atoms with Crippen LogP contribution in [0.3, 0.4) is 0 Å². The zero-order valence-electron chi connectivity index (χ0n) is 14.3. The summed E-state index contributed by atoms with van der Waals surface area (Å²) in [7, 11) is 0. The molecule has 0 saturated carbocycles. The van der Waals surface area contributed by atoms with Crippen LogP contribution in [-0.4, -0.2) is 29.4 Å². The molecule has 142 valence electrons. The first kappa shape index (κ1) is 19.5. The molecule has 1 fully saturated rings. The van der Waals surface area contributed by atoms with Crippen molar-refractivity contribution in [2.24, 2.45) is 0 Å². The van der Waals surface area contributed by atoms with Gasteiger partial charge in [0, 0.05) is 5.56 Å². The molecule has 2 aromatic rings. The Labute approximate surface area is 170 Å². The van der Waals surface area contributed by atoms with Gasteiger partial charge in [-0.05, 0) is 36.5 Å². The minimum Gasteiger partial charge on any atom is -0.483 e. The first-order chi connectivity index (χ1) is 13.4. The van der Waals surface area contributed by atoms with Gasteiger partial charge in [-0.2, -0.15) is 0 Å². The van der Waals surface area contributed by atoms with Gasteiger partial charge in [0.25, 0.3) is 17.7 Å². The molecule has 0 aromatic heterocycles. The predicted octanol–water partition coefficient (Wildman–Crippen LogP) is 2.27. The van der Waals surface area contributed by atoms with Gasteiger partial charge in [-0.3, -0.25) is 25.0 Å². The number of anilines is 1. The standard InChI is InChI=1S/C19H14ClN3O4S/c20-13-6-2-3-7-14(13)21-16(24)10-27-15-8-4-1-5-11(15)9-12-17(25)22-19(28)23-18(12)26/h1-9H,10H2,(H,21,24)(H2,22,23,25,26,28). The van der Waals surface area contributed by atoms with Crippen molar-refractivity contribution in [2.75, 3.05) is 11.9 Å². The number of rotatable bonds is 5. The molecule has 0 unspecified atom stereocenters. The molecular weight excluding hydrogens is 402 g/mol. The second-order valence-corrected chi connectivity index (χ2v) is 6.47. The molecule has 28 heavy (non-hydrogen) atoms. The van der Waals surface area contributed by atoms with E-state index in [1.807, 2.05) is 0 Å². The molecule has 7 nitrogen and oxygen atoms in total. The van der Waals surface area contributed by atoms with Crippen molar-refractivity contribution in [2.45, 2.75) is 0 Å². The minimum absolute atomic E-state index is 0.0482. The molecule has 3 N–H and O–H groups in total. The number of hydrogen-bond donors (Lipinski definition) is 3. The molecule has 1 aliphatic heterocycles. The molecule has 0 radical (unpaired) electrons. The summed E-state index contributed by atoms with van der Waals surface area (Å²) in [6, 6.07) is 13.5. The lowest BCUT2D eigenvalue weighted by Gasteiger charge is -2.17. The van der Waals surface area contributed by atoms with Crippen LogP contribution in [0.5, 0.6) is 5.75 Å². The van der Waals surface area contributed by atoms with E-state index in [4.69, 9.17) is 28.6 Å². The van der Waals surface area contributed by atoms with Crippen molar-refractivity contribution < 1.29 is 19.1 Å². The Hall–Kier alpha value is -3.23. The highest BCUT2D eigenvalue weighted by Gasteiger charge is 2.26. The fraction of sp³-hybridized carbons (Fsp3) is 0.0526.